The summed E-state index contributed by atoms with van der Waals surface area (Å²) in [5.41, 5.74) is 0.642. The normalized spacial score (nSPS) is 10.1. The van der Waals surface area contributed by atoms with Crippen LogP contribution in [0.2, 0.25) is 0 Å². The number of H-pyrrole nitrogens is 1. The summed E-state index contributed by atoms with van der Waals surface area (Å²) in [5, 5.41) is 8.79. The number of pyridine rings is 1. The molecule has 2 rings (SSSR count). The number of carboxylic acid groups (broad SMARTS) is 1. The topological polar surface area (TPSA) is 79.4 Å². The first-order valence-corrected chi connectivity index (χ1v) is 5.76. The predicted octanol–water partition coefficient (Wildman–Crippen LogP) is 1.58. The molecule has 0 atom stereocenters. The summed E-state index contributed by atoms with van der Waals surface area (Å²) >= 11 is 0. The lowest BCUT2D eigenvalue weighted by atomic mass is 10.2. The molecule has 0 aliphatic carbocycles. The zero-order valence-electron chi connectivity index (χ0n) is 10.1. The van der Waals surface area contributed by atoms with E-state index in [9.17, 15) is 9.59 Å². The summed E-state index contributed by atoms with van der Waals surface area (Å²) in [4.78, 5) is 24.8. The van der Waals surface area contributed by atoms with E-state index in [1.165, 1.54) is 6.20 Å². The SMILES string of the molecule is O=C(O)Cc1c(OCc2ccccc2)cc[nH]c1=O. The molecule has 5 heteroatoms. The van der Waals surface area contributed by atoms with Gasteiger partial charge in [0.05, 0.1) is 12.0 Å². The van der Waals surface area contributed by atoms with Crippen LogP contribution >= 0.6 is 0 Å². The van der Waals surface area contributed by atoms with Gasteiger partial charge in [0.2, 0.25) is 0 Å². The molecular formula is C14H13NO4. The fourth-order valence-corrected chi connectivity index (χ4v) is 1.68. The van der Waals surface area contributed by atoms with E-state index in [2.05, 4.69) is 4.98 Å². The van der Waals surface area contributed by atoms with E-state index in [1.54, 1.807) is 6.07 Å². The zero-order valence-corrected chi connectivity index (χ0v) is 10.1. The number of ether oxygens (including phenoxy) is 1. The van der Waals surface area contributed by atoms with Gasteiger partial charge in [0.1, 0.15) is 12.4 Å². The lowest BCUT2D eigenvalue weighted by Crippen LogP contribution is -2.17. The summed E-state index contributed by atoms with van der Waals surface area (Å²) in [7, 11) is 0. The summed E-state index contributed by atoms with van der Waals surface area (Å²) in [6.07, 6.45) is 1.08. The molecule has 5 nitrogen and oxygen atoms in total. The van der Waals surface area contributed by atoms with Crippen LogP contribution in [0.5, 0.6) is 5.75 Å². The molecule has 0 bridgehead atoms. The third-order valence-corrected chi connectivity index (χ3v) is 2.59. The van der Waals surface area contributed by atoms with E-state index in [4.69, 9.17) is 9.84 Å². The second-order valence-corrected chi connectivity index (χ2v) is 3.99. The highest BCUT2D eigenvalue weighted by atomic mass is 16.5. The van der Waals surface area contributed by atoms with E-state index in [-0.39, 0.29) is 18.6 Å². The highest BCUT2D eigenvalue weighted by molar-refractivity contribution is 5.71. The van der Waals surface area contributed by atoms with Gasteiger partial charge in [0.15, 0.2) is 0 Å². The van der Waals surface area contributed by atoms with Crippen LogP contribution in [-0.2, 0) is 17.8 Å². The maximum absolute atomic E-state index is 11.6. The molecule has 0 saturated carbocycles. The lowest BCUT2D eigenvalue weighted by Gasteiger charge is -2.09. The molecule has 2 aromatic rings. The van der Waals surface area contributed by atoms with Crippen LogP contribution in [0.1, 0.15) is 11.1 Å². The molecule has 0 unspecified atom stereocenters. The van der Waals surface area contributed by atoms with Crippen molar-refractivity contribution < 1.29 is 14.6 Å². The van der Waals surface area contributed by atoms with Gasteiger partial charge in [0, 0.05) is 6.20 Å². The van der Waals surface area contributed by atoms with Crippen LogP contribution in [0.15, 0.2) is 47.4 Å². The third kappa shape index (κ3) is 3.45. The fraction of sp³-hybridized carbons (Fsp3) is 0.143. The third-order valence-electron chi connectivity index (χ3n) is 2.59. The minimum absolute atomic E-state index is 0.130. The number of carbonyl (C=O) groups is 1. The molecule has 0 radical (unpaired) electrons. The molecular weight excluding hydrogens is 246 g/mol. The van der Waals surface area contributed by atoms with Crippen molar-refractivity contribution in [2.75, 3.05) is 0 Å². The van der Waals surface area contributed by atoms with Crippen LogP contribution in [-0.4, -0.2) is 16.1 Å². The summed E-state index contributed by atoms with van der Waals surface area (Å²) in [6.45, 7) is 0.289. The van der Waals surface area contributed by atoms with Crippen LogP contribution in [0.3, 0.4) is 0 Å². The Hall–Kier alpha value is -2.56. The van der Waals surface area contributed by atoms with Crippen LogP contribution in [0.25, 0.3) is 0 Å². The Morgan fingerprint density at radius 1 is 1.21 bits per heavy atom. The standard InChI is InChI=1S/C14H13NO4/c16-13(17)8-11-12(6-7-15-14(11)18)19-9-10-4-2-1-3-5-10/h1-7H,8-9H2,(H,15,18)(H,16,17). The van der Waals surface area contributed by atoms with Crippen molar-refractivity contribution in [1.29, 1.82) is 0 Å². The number of aromatic nitrogens is 1. The minimum Gasteiger partial charge on any atom is -0.488 e. The van der Waals surface area contributed by atoms with Gasteiger partial charge >= 0.3 is 5.97 Å². The molecule has 0 aliphatic heterocycles. The summed E-state index contributed by atoms with van der Waals surface area (Å²) in [6, 6.07) is 11.0. The summed E-state index contributed by atoms with van der Waals surface area (Å²) in [5.74, 6) is -0.767. The lowest BCUT2D eigenvalue weighted by molar-refractivity contribution is -0.136. The van der Waals surface area contributed by atoms with Gasteiger partial charge in [0.25, 0.3) is 5.56 Å². The molecule has 1 aromatic heterocycles. The number of rotatable bonds is 5. The number of benzene rings is 1. The van der Waals surface area contributed by atoms with Crippen molar-refractivity contribution >= 4 is 5.97 Å². The second-order valence-electron chi connectivity index (χ2n) is 3.99. The number of nitrogens with one attached hydrogen (secondary N) is 1. The highest BCUT2D eigenvalue weighted by Gasteiger charge is 2.12. The Labute approximate surface area is 109 Å². The summed E-state index contributed by atoms with van der Waals surface area (Å²) < 4.78 is 5.52. The molecule has 0 fully saturated rings. The quantitative estimate of drug-likeness (QED) is 0.854. The monoisotopic (exact) mass is 259 g/mol. The zero-order chi connectivity index (χ0) is 13.7. The molecule has 19 heavy (non-hydrogen) atoms. The van der Waals surface area contributed by atoms with Crippen molar-refractivity contribution in [2.24, 2.45) is 0 Å². The van der Waals surface area contributed by atoms with Crippen molar-refractivity contribution in [3.05, 3.63) is 64.1 Å². The molecule has 0 spiro atoms. The largest absolute Gasteiger partial charge is 0.488 e. The fourth-order valence-electron chi connectivity index (χ4n) is 1.68. The molecule has 98 valence electrons. The molecule has 0 amide bonds. The van der Waals surface area contributed by atoms with E-state index in [0.717, 1.165) is 5.56 Å². The van der Waals surface area contributed by atoms with Crippen molar-refractivity contribution in [3.8, 4) is 5.75 Å². The van der Waals surface area contributed by atoms with E-state index < -0.39 is 11.5 Å². The van der Waals surface area contributed by atoms with E-state index >= 15 is 0 Å². The van der Waals surface area contributed by atoms with Gasteiger partial charge in [-0.15, -0.1) is 0 Å². The van der Waals surface area contributed by atoms with E-state index in [1.807, 2.05) is 30.3 Å². The van der Waals surface area contributed by atoms with Crippen molar-refractivity contribution in [2.45, 2.75) is 13.0 Å². The number of hydrogen-bond acceptors (Lipinski definition) is 3. The minimum atomic E-state index is -1.07. The average molecular weight is 259 g/mol. The van der Waals surface area contributed by atoms with Gasteiger partial charge in [-0.2, -0.15) is 0 Å². The first-order chi connectivity index (χ1) is 9.16. The Morgan fingerprint density at radius 2 is 1.95 bits per heavy atom. The number of aromatic amines is 1. The number of carboxylic acids is 1. The van der Waals surface area contributed by atoms with Gasteiger partial charge in [-0.3, -0.25) is 9.59 Å². The first-order valence-electron chi connectivity index (χ1n) is 5.76. The molecule has 0 aliphatic rings. The Morgan fingerprint density at radius 3 is 2.63 bits per heavy atom. The smallest absolute Gasteiger partial charge is 0.308 e. The Kier molecular flexibility index (Phi) is 3.97. The van der Waals surface area contributed by atoms with Crippen LogP contribution in [0.4, 0.5) is 0 Å². The Balaban J connectivity index is 2.18. The number of hydrogen-bond donors (Lipinski definition) is 2. The maximum atomic E-state index is 11.6. The van der Waals surface area contributed by atoms with Gasteiger partial charge in [-0.1, -0.05) is 30.3 Å². The molecule has 0 saturated heterocycles. The maximum Gasteiger partial charge on any atom is 0.308 e. The van der Waals surface area contributed by atoms with Crippen molar-refractivity contribution in [1.82, 2.24) is 4.98 Å². The number of aliphatic carboxylic acids is 1. The molecule has 2 N–H and O–H groups in total. The average Bonchev–Trinajstić information content (AvgIpc) is 2.40. The first kappa shape index (κ1) is 12.9. The highest BCUT2D eigenvalue weighted by Crippen LogP contribution is 2.16. The van der Waals surface area contributed by atoms with Gasteiger partial charge in [-0.05, 0) is 11.6 Å². The van der Waals surface area contributed by atoms with Gasteiger partial charge in [-0.25, -0.2) is 0 Å². The van der Waals surface area contributed by atoms with Crippen LogP contribution in [0, 0.1) is 0 Å². The predicted molar refractivity (Wildman–Crippen MR) is 69.2 cm³/mol. The van der Waals surface area contributed by atoms with Gasteiger partial charge < -0.3 is 14.8 Å². The second kappa shape index (κ2) is 5.86. The van der Waals surface area contributed by atoms with E-state index in [0.29, 0.717) is 5.75 Å². The van der Waals surface area contributed by atoms with Crippen LogP contribution < -0.4 is 10.3 Å². The molecule has 1 aromatic carbocycles. The molecule has 1 heterocycles. The Bertz CT molecular complexity index is 619. The van der Waals surface area contributed by atoms with Crippen molar-refractivity contribution in [3.63, 3.8) is 0 Å².